The fourth-order valence-corrected chi connectivity index (χ4v) is 3.50. The molecule has 112 valence electrons. The van der Waals surface area contributed by atoms with Crippen LogP contribution in [0.15, 0.2) is 24.3 Å². The molecule has 1 aliphatic rings. The van der Waals surface area contributed by atoms with Gasteiger partial charge in [0.05, 0.1) is 5.75 Å². The van der Waals surface area contributed by atoms with Crippen LogP contribution in [0.3, 0.4) is 0 Å². The number of nitrogens with one attached hydrogen (secondary N) is 1. The molecule has 4 nitrogen and oxygen atoms in total. The lowest BCUT2D eigenvalue weighted by Gasteiger charge is -2.33. The van der Waals surface area contributed by atoms with Crippen molar-refractivity contribution in [2.45, 2.75) is 44.9 Å². The number of benzene rings is 1. The molecule has 2 rings (SSSR count). The van der Waals surface area contributed by atoms with Gasteiger partial charge in [0, 0.05) is 11.7 Å². The topological polar surface area (TPSA) is 72.2 Å². The molecule has 0 spiro atoms. The van der Waals surface area contributed by atoms with Gasteiger partial charge in [-0.15, -0.1) is 0 Å². The summed E-state index contributed by atoms with van der Waals surface area (Å²) in [6.07, 6.45) is 3.66. The summed E-state index contributed by atoms with van der Waals surface area (Å²) in [6.45, 7) is 4.64. The Morgan fingerprint density at radius 3 is 2.35 bits per heavy atom. The van der Waals surface area contributed by atoms with Crippen molar-refractivity contribution in [2.75, 3.05) is 5.32 Å². The van der Waals surface area contributed by atoms with E-state index in [1.807, 2.05) is 24.3 Å². The molecule has 1 aromatic rings. The van der Waals surface area contributed by atoms with E-state index in [1.165, 1.54) is 19.3 Å². The summed E-state index contributed by atoms with van der Waals surface area (Å²) >= 11 is 0. The zero-order valence-corrected chi connectivity index (χ0v) is 13.0. The molecule has 3 N–H and O–H groups in total. The molecule has 0 heterocycles. The predicted octanol–water partition coefficient (Wildman–Crippen LogP) is 2.71. The van der Waals surface area contributed by atoms with Crippen LogP contribution in [0.25, 0.3) is 0 Å². The van der Waals surface area contributed by atoms with Crippen molar-refractivity contribution in [1.82, 2.24) is 0 Å². The molecule has 3 unspecified atom stereocenters. The summed E-state index contributed by atoms with van der Waals surface area (Å²) in [7, 11) is -3.45. The highest BCUT2D eigenvalue weighted by Gasteiger charge is 2.24. The van der Waals surface area contributed by atoms with Gasteiger partial charge in [-0.2, -0.15) is 0 Å². The Morgan fingerprint density at radius 1 is 1.15 bits per heavy atom. The summed E-state index contributed by atoms with van der Waals surface area (Å²) in [5.41, 5.74) is 1.78. The Balaban J connectivity index is 1.94. The molecule has 0 amide bonds. The molecule has 1 aromatic carbocycles. The van der Waals surface area contributed by atoms with Crippen molar-refractivity contribution >= 4 is 15.7 Å². The monoisotopic (exact) mass is 296 g/mol. The maximum Gasteiger partial charge on any atom is 0.213 e. The van der Waals surface area contributed by atoms with Crippen LogP contribution in [0.4, 0.5) is 5.69 Å². The lowest BCUT2D eigenvalue weighted by Crippen LogP contribution is -2.30. The van der Waals surface area contributed by atoms with Gasteiger partial charge in [0.15, 0.2) is 0 Å². The van der Waals surface area contributed by atoms with Crippen LogP contribution >= 0.6 is 0 Å². The van der Waals surface area contributed by atoms with Gasteiger partial charge >= 0.3 is 0 Å². The Hall–Kier alpha value is -1.07. The van der Waals surface area contributed by atoms with E-state index in [9.17, 15) is 8.42 Å². The van der Waals surface area contributed by atoms with Gasteiger partial charge in [-0.25, -0.2) is 13.6 Å². The van der Waals surface area contributed by atoms with E-state index in [0.29, 0.717) is 6.04 Å². The van der Waals surface area contributed by atoms with Crippen molar-refractivity contribution in [2.24, 2.45) is 17.0 Å². The number of hydrogen-bond donors (Lipinski definition) is 2. The summed E-state index contributed by atoms with van der Waals surface area (Å²) < 4.78 is 22.1. The number of hydrogen-bond acceptors (Lipinski definition) is 3. The molecule has 3 atom stereocenters. The van der Waals surface area contributed by atoms with Crippen LogP contribution < -0.4 is 10.5 Å². The van der Waals surface area contributed by atoms with Crippen molar-refractivity contribution in [3.05, 3.63) is 29.8 Å². The normalized spacial score (nSPS) is 27.2. The minimum absolute atomic E-state index is 0.106. The Morgan fingerprint density at radius 2 is 1.80 bits per heavy atom. The van der Waals surface area contributed by atoms with Gasteiger partial charge in [-0.3, -0.25) is 0 Å². The van der Waals surface area contributed by atoms with E-state index in [1.54, 1.807) is 0 Å². The summed E-state index contributed by atoms with van der Waals surface area (Å²) in [6, 6.07) is 8.03. The van der Waals surface area contributed by atoms with Crippen LogP contribution in [-0.4, -0.2) is 14.5 Å². The average molecular weight is 296 g/mol. The molecular formula is C15H24N2O2S. The number of primary sulfonamides is 1. The first kappa shape index (κ1) is 15.3. The smallest absolute Gasteiger partial charge is 0.213 e. The summed E-state index contributed by atoms with van der Waals surface area (Å²) in [5, 5.41) is 8.58. The Labute approximate surface area is 121 Å². The van der Waals surface area contributed by atoms with E-state index in [0.717, 1.165) is 23.1 Å². The van der Waals surface area contributed by atoms with Crippen LogP contribution in [0.2, 0.25) is 0 Å². The predicted molar refractivity (Wildman–Crippen MR) is 82.8 cm³/mol. The van der Waals surface area contributed by atoms with Crippen LogP contribution in [0.1, 0.15) is 38.7 Å². The van der Waals surface area contributed by atoms with Gasteiger partial charge in [0.25, 0.3) is 0 Å². The zero-order valence-electron chi connectivity index (χ0n) is 12.2. The molecule has 1 saturated carbocycles. The van der Waals surface area contributed by atoms with Crippen molar-refractivity contribution in [1.29, 1.82) is 0 Å². The first-order chi connectivity index (χ1) is 9.33. The molecule has 0 saturated heterocycles. The molecule has 0 aromatic heterocycles. The van der Waals surface area contributed by atoms with Crippen molar-refractivity contribution < 1.29 is 8.42 Å². The van der Waals surface area contributed by atoms with Gasteiger partial charge in [-0.05, 0) is 48.8 Å². The highest BCUT2D eigenvalue weighted by Crippen LogP contribution is 2.31. The van der Waals surface area contributed by atoms with Crippen molar-refractivity contribution in [3.8, 4) is 0 Å². The van der Waals surface area contributed by atoms with E-state index >= 15 is 0 Å². The fourth-order valence-electron chi connectivity index (χ4n) is 2.84. The van der Waals surface area contributed by atoms with Crippen molar-refractivity contribution in [3.63, 3.8) is 0 Å². The number of nitrogens with two attached hydrogens (primary N) is 1. The van der Waals surface area contributed by atoms with Gasteiger partial charge < -0.3 is 5.32 Å². The van der Waals surface area contributed by atoms with Gasteiger partial charge in [-0.1, -0.05) is 26.0 Å². The first-order valence-electron chi connectivity index (χ1n) is 7.19. The molecule has 20 heavy (non-hydrogen) atoms. The SMILES string of the molecule is CC1CCC(Nc2ccc(CS(N)(=O)=O)cc2)CC1C. The average Bonchev–Trinajstić information content (AvgIpc) is 2.35. The quantitative estimate of drug-likeness (QED) is 0.897. The minimum atomic E-state index is -3.45. The number of anilines is 1. The van der Waals surface area contributed by atoms with E-state index in [-0.39, 0.29) is 5.75 Å². The molecule has 0 bridgehead atoms. The maximum atomic E-state index is 11.0. The second-order valence-electron chi connectivity index (χ2n) is 6.11. The number of rotatable bonds is 4. The van der Waals surface area contributed by atoms with E-state index < -0.39 is 10.0 Å². The second kappa shape index (κ2) is 6.14. The lowest BCUT2D eigenvalue weighted by molar-refractivity contribution is 0.261. The van der Waals surface area contributed by atoms with Gasteiger partial charge in [0.1, 0.15) is 0 Å². The minimum Gasteiger partial charge on any atom is -0.382 e. The lowest BCUT2D eigenvalue weighted by atomic mass is 9.79. The molecule has 5 heteroatoms. The molecule has 1 fully saturated rings. The summed E-state index contributed by atoms with van der Waals surface area (Å²) in [4.78, 5) is 0. The van der Waals surface area contributed by atoms with Crippen LogP contribution in [0, 0.1) is 11.8 Å². The fraction of sp³-hybridized carbons (Fsp3) is 0.600. The third-order valence-electron chi connectivity index (χ3n) is 4.29. The van der Waals surface area contributed by atoms with E-state index in [4.69, 9.17) is 5.14 Å². The highest BCUT2D eigenvalue weighted by atomic mass is 32.2. The Kier molecular flexibility index (Phi) is 4.70. The summed E-state index contributed by atoms with van der Waals surface area (Å²) in [5.74, 6) is 1.46. The first-order valence-corrected chi connectivity index (χ1v) is 8.91. The molecular weight excluding hydrogens is 272 g/mol. The zero-order chi connectivity index (χ0) is 14.8. The third-order valence-corrected chi connectivity index (χ3v) is 5.03. The largest absolute Gasteiger partial charge is 0.382 e. The number of sulfonamides is 1. The van der Waals surface area contributed by atoms with Crippen LogP contribution in [0.5, 0.6) is 0 Å². The maximum absolute atomic E-state index is 11.0. The van der Waals surface area contributed by atoms with Gasteiger partial charge in [0.2, 0.25) is 10.0 Å². The third kappa shape index (κ3) is 4.49. The van der Waals surface area contributed by atoms with Crippen LogP contribution in [-0.2, 0) is 15.8 Å². The van der Waals surface area contributed by atoms with E-state index in [2.05, 4.69) is 19.2 Å². The molecule has 1 aliphatic carbocycles. The standard InChI is InChI=1S/C15H24N2O2S/c1-11-3-6-15(9-12(11)2)17-14-7-4-13(5-8-14)10-20(16,18)19/h4-5,7-8,11-12,15,17H,3,6,9-10H2,1-2H3,(H2,16,18,19). The Bertz CT molecular complexity index is 539. The molecule has 0 radical (unpaired) electrons. The highest BCUT2D eigenvalue weighted by molar-refractivity contribution is 7.88. The molecule has 0 aliphatic heterocycles. The second-order valence-corrected chi connectivity index (χ2v) is 7.73.